The number of ether oxygens (including phenoxy) is 1. The lowest BCUT2D eigenvalue weighted by atomic mass is 10.1. The Morgan fingerprint density at radius 2 is 1.93 bits per heavy atom. The van der Waals surface area contributed by atoms with Crippen molar-refractivity contribution < 1.29 is 22.7 Å². The summed E-state index contributed by atoms with van der Waals surface area (Å²) in [7, 11) is 1.57. The molecule has 0 spiro atoms. The molecule has 6 nitrogen and oxygen atoms in total. The minimum absolute atomic E-state index is 0.153. The van der Waals surface area contributed by atoms with E-state index in [1.165, 1.54) is 23.5 Å². The van der Waals surface area contributed by atoms with Crippen LogP contribution in [0.1, 0.15) is 5.56 Å². The average Bonchev–Trinajstić information content (AvgIpc) is 3.15. The molecule has 3 aromatic rings. The van der Waals surface area contributed by atoms with Gasteiger partial charge >= 0.3 is 6.18 Å². The summed E-state index contributed by atoms with van der Waals surface area (Å²) in [5.41, 5.74) is -0.689. The summed E-state index contributed by atoms with van der Waals surface area (Å²) in [6, 6.07) is 10.5. The molecule has 2 aromatic carbocycles. The van der Waals surface area contributed by atoms with Crippen molar-refractivity contribution in [3.05, 3.63) is 53.1 Å². The number of methoxy groups -OCH3 is 1. The summed E-state index contributed by atoms with van der Waals surface area (Å²) >= 11 is 8.10. The van der Waals surface area contributed by atoms with Gasteiger partial charge in [0.15, 0.2) is 4.34 Å². The van der Waals surface area contributed by atoms with Crippen LogP contribution in [0.25, 0.3) is 0 Å². The van der Waals surface area contributed by atoms with Gasteiger partial charge in [-0.15, -0.1) is 10.2 Å². The van der Waals surface area contributed by atoms with Crippen molar-refractivity contribution in [3.8, 4) is 5.75 Å². The van der Waals surface area contributed by atoms with E-state index in [-0.39, 0.29) is 10.8 Å². The van der Waals surface area contributed by atoms with Crippen molar-refractivity contribution in [2.75, 3.05) is 23.5 Å². The van der Waals surface area contributed by atoms with Gasteiger partial charge in [-0.05, 0) is 36.4 Å². The standard InChI is InChI=1S/C18H14ClF3N4O2S2/c1-28-11-7-5-10(6-8-11)23-16-25-26-17(30-16)29-9-14(27)24-15-12(18(20,21)22)3-2-4-13(15)19/h2-8H,9H2,1H3,(H,23,25)(H,24,27). The fourth-order valence-electron chi connectivity index (χ4n) is 2.31. The number of benzene rings is 2. The number of nitrogens with zero attached hydrogens (tertiary/aromatic N) is 2. The van der Waals surface area contributed by atoms with Crippen molar-refractivity contribution in [1.82, 2.24) is 10.2 Å². The molecule has 0 atom stereocenters. The van der Waals surface area contributed by atoms with Gasteiger partial charge in [-0.1, -0.05) is 40.8 Å². The lowest BCUT2D eigenvalue weighted by Crippen LogP contribution is -2.18. The van der Waals surface area contributed by atoms with E-state index in [9.17, 15) is 18.0 Å². The number of amides is 1. The Kier molecular flexibility index (Phi) is 7.06. The molecule has 0 aliphatic rings. The predicted octanol–water partition coefficient (Wildman–Crippen LogP) is 5.69. The van der Waals surface area contributed by atoms with Crippen LogP contribution in [0.2, 0.25) is 5.02 Å². The third kappa shape index (κ3) is 5.77. The number of aromatic nitrogens is 2. The lowest BCUT2D eigenvalue weighted by Gasteiger charge is -2.14. The zero-order valence-corrected chi connectivity index (χ0v) is 17.7. The minimum atomic E-state index is -4.64. The second kappa shape index (κ2) is 9.54. The van der Waals surface area contributed by atoms with Crippen LogP contribution >= 0.6 is 34.7 Å². The smallest absolute Gasteiger partial charge is 0.418 e. The summed E-state index contributed by atoms with van der Waals surface area (Å²) in [5.74, 6) is -0.0783. The van der Waals surface area contributed by atoms with E-state index >= 15 is 0 Å². The molecule has 30 heavy (non-hydrogen) atoms. The molecule has 3 rings (SSSR count). The predicted molar refractivity (Wildman–Crippen MR) is 112 cm³/mol. The Morgan fingerprint density at radius 1 is 1.20 bits per heavy atom. The number of carbonyl (C=O) groups is 1. The average molecular weight is 475 g/mol. The van der Waals surface area contributed by atoms with Crippen LogP contribution in [-0.4, -0.2) is 29.0 Å². The third-order valence-electron chi connectivity index (χ3n) is 3.66. The quantitative estimate of drug-likeness (QED) is 0.428. The van der Waals surface area contributed by atoms with E-state index < -0.39 is 23.3 Å². The van der Waals surface area contributed by atoms with Gasteiger partial charge in [-0.2, -0.15) is 13.2 Å². The van der Waals surface area contributed by atoms with Crippen molar-refractivity contribution in [2.24, 2.45) is 0 Å². The van der Waals surface area contributed by atoms with Crippen LogP contribution in [0.5, 0.6) is 5.75 Å². The Morgan fingerprint density at radius 3 is 2.60 bits per heavy atom. The van der Waals surface area contributed by atoms with Gasteiger partial charge in [0.1, 0.15) is 5.75 Å². The maximum Gasteiger partial charge on any atom is 0.418 e. The zero-order valence-electron chi connectivity index (χ0n) is 15.3. The topological polar surface area (TPSA) is 76.1 Å². The van der Waals surface area contributed by atoms with Gasteiger partial charge < -0.3 is 15.4 Å². The first-order chi connectivity index (χ1) is 14.3. The summed E-state index contributed by atoms with van der Waals surface area (Å²) in [6.07, 6.45) is -4.64. The van der Waals surface area contributed by atoms with E-state index in [4.69, 9.17) is 16.3 Å². The van der Waals surface area contributed by atoms with Gasteiger partial charge in [0, 0.05) is 5.69 Å². The Labute approximate surface area is 182 Å². The largest absolute Gasteiger partial charge is 0.497 e. The van der Waals surface area contributed by atoms with Crippen LogP contribution in [0.15, 0.2) is 46.8 Å². The van der Waals surface area contributed by atoms with Crippen LogP contribution in [0.3, 0.4) is 0 Å². The molecule has 158 valence electrons. The number of para-hydroxylation sites is 1. The van der Waals surface area contributed by atoms with Crippen molar-refractivity contribution >= 4 is 57.1 Å². The summed E-state index contributed by atoms with van der Waals surface area (Å²) < 4.78 is 44.9. The van der Waals surface area contributed by atoms with Gasteiger partial charge in [0.05, 0.1) is 29.1 Å². The van der Waals surface area contributed by atoms with E-state index in [1.807, 2.05) is 12.1 Å². The monoisotopic (exact) mass is 474 g/mol. The van der Waals surface area contributed by atoms with Crippen molar-refractivity contribution in [2.45, 2.75) is 10.5 Å². The second-order valence-electron chi connectivity index (χ2n) is 5.72. The fraction of sp³-hybridized carbons (Fsp3) is 0.167. The normalized spacial score (nSPS) is 11.2. The van der Waals surface area contributed by atoms with E-state index in [1.54, 1.807) is 19.2 Å². The first-order valence-corrected chi connectivity index (χ1v) is 10.5. The molecule has 0 unspecified atom stereocenters. The highest BCUT2D eigenvalue weighted by molar-refractivity contribution is 8.01. The highest BCUT2D eigenvalue weighted by Gasteiger charge is 2.34. The Bertz CT molecular complexity index is 1030. The SMILES string of the molecule is COc1ccc(Nc2nnc(SCC(=O)Nc3c(Cl)cccc3C(F)(F)F)s2)cc1. The summed E-state index contributed by atoms with van der Waals surface area (Å²) in [6.45, 7) is 0. The fourth-order valence-corrected chi connectivity index (χ4v) is 4.10. The highest BCUT2D eigenvalue weighted by Crippen LogP contribution is 2.38. The third-order valence-corrected chi connectivity index (χ3v) is 5.94. The molecule has 0 radical (unpaired) electrons. The van der Waals surface area contributed by atoms with E-state index in [0.29, 0.717) is 15.2 Å². The number of anilines is 3. The zero-order chi connectivity index (χ0) is 21.7. The molecule has 0 bridgehead atoms. The molecule has 0 saturated carbocycles. The van der Waals surface area contributed by atoms with Crippen LogP contribution in [0, 0.1) is 0 Å². The molecule has 12 heteroatoms. The van der Waals surface area contributed by atoms with Crippen molar-refractivity contribution in [3.63, 3.8) is 0 Å². The Hall–Kier alpha value is -2.50. The maximum atomic E-state index is 13.1. The molecule has 0 fully saturated rings. The first kappa shape index (κ1) is 22.2. The summed E-state index contributed by atoms with van der Waals surface area (Å²) in [4.78, 5) is 12.1. The molecule has 1 aromatic heterocycles. The number of alkyl halides is 3. The molecule has 2 N–H and O–H groups in total. The summed E-state index contributed by atoms with van der Waals surface area (Å²) in [5, 5.41) is 13.6. The van der Waals surface area contributed by atoms with Crippen LogP contribution in [0.4, 0.5) is 29.7 Å². The molecular formula is C18H14ClF3N4O2S2. The van der Waals surface area contributed by atoms with E-state index in [2.05, 4.69) is 20.8 Å². The highest BCUT2D eigenvalue weighted by atomic mass is 35.5. The van der Waals surface area contributed by atoms with Gasteiger partial charge in [0.2, 0.25) is 11.0 Å². The van der Waals surface area contributed by atoms with Crippen LogP contribution in [-0.2, 0) is 11.0 Å². The number of thioether (sulfide) groups is 1. The number of carbonyl (C=O) groups excluding carboxylic acids is 1. The lowest BCUT2D eigenvalue weighted by molar-refractivity contribution is -0.137. The Balaban J connectivity index is 1.58. The number of hydrogen-bond acceptors (Lipinski definition) is 7. The maximum absolute atomic E-state index is 13.1. The number of halogens is 4. The number of hydrogen-bond donors (Lipinski definition) is 2. The number of rotatable bonds is 7. The molecule has 0 aliphatic carbocycles. The molecule has 1 heterocycles. The molecule has 0 saturated heterocycles. The number of nitrogens with one attached hydrogen (secondary N) is 2. The second-order valence-corrected chi connectivity index (χ2v) is 8.33. The molecule has 0 aliphatic heterocycles. The molecule has 1 amide bonds. The first-order valence-electron chi connectivity index (χ1n) is 8.29. The van der Waals surface area contributed by atoms with Crippen molar-refractivity contribution in [1.29, 1.82) is 0 Å². The van der Waals surface area contributed by atoms with E-state index in [0.717, 1.165) is 23.5 Å². The van der Waals surface area contributed by atoms with Gasteiger partial charge in [0.25, 0.3) is 0 Å². The molecular weight excluding hydrogens is 461 g/mol. The van der Waals surface area contributed by atoms with Crippen LogP contribution < -0.4 is 15.4 Å². The minimum Gasteiger partial charge on any atom is -0.497 e. The van der Waals surface area contributed by atoms with Gasteiger partial charge in [-0.3, -0.25) is 4.79 Å². The van der Waals surface area contributed by atoms with Gasteiger partial charge in [-0.25, -0.2) is 0 Å².